The standard InChI is InChI=1S/C12H10.C12H12.C10H8.C9H8/c1-3-9-4-2-6-11-8-7-10(5-1)12(9)11;1-9-7-8-11-5-3-4-6-12(11)10(9)2;1-2-6-10-8-4-3-7-9(10)5-1;1-2-5-9-7-3-6-8(9)4-1/h1-6H,7-8H2;3-8H,1-2H3;1-8H;1-6H,7H2. The lowest BCUT2D eigenvalue weighted by molar-refractivity contribution is 1.02. The number of fused-ring (bicyclic) bond motifs is 3. The van der Waals surface area contributed by atoms with E-state index in [4.69, 9.17) is 0 Å². The molecule has 0 N–H and O–H groups in total. The molecular weight excluding hydrogens is 516 g/mol. The fourth-order valence-electron chi connectivity index (χ4n) is 6.05. The molecule has 7 aromatic rings. The molecule has 0 saturated carbocycles. The van der Waals surface area contributed by atoms with Gasteiger partial charge in [-0.15, -0.1) is 0 Å². The Labute approximate surface area is 256 Å². The van der Waals surface area contributed by atoms with Crippen LogP contribution in [0.3, 0.4) is 0 Å². The van der Waals surface area contributed by atoms with Gasteiger partial charge in [0.25, 0.3) is 0 Å². The van der Waals surface area contributed by atoms with Crippen LogP contribution >= 0.6 is 0 Å². The van der Waals surface area contributed by atoms with Crippen LogP contribution in [-0.2, 0) is 19.3 Å². The lowest BCUT2D eigenvalue weighted by Crippen LogP contribution is -1.82. The third-order valence-electron chi connectivity index (χ3n) is 8.56. The lowest BCUT2D eigenvalue weighted by Gasteiger charge is -2.04. The van der Waals surface area contributed by atoms with E-state index in [-0.39, 0.29) is 0 Å². The van der Waals surface area contributed by atoms with Crippen LogP contribution in [0.1, 0.15) is 33.4 Å². The summed E-state index contributed by atoms with van der Waals surface area (Å²) in [5.74, 6) is 0. The molecule has 9 rings (SSSR count). The Kier molecular flexibility index (Phi) is 8.76. The van der Waals surface area contributed by atoms with E-state index in [9.17, 15) is 0 Å². The average molecular weight is 555 g/mol. The number of benzene rings is 7. The first-order valence-electron chi connectivity index (χ1n) is 15.3. The third-order valence-corrected chi connectivity index (χ3v) is 8.56. The molecule has 0 amide bonds. The zero-order valence-corrected chi connectivity index (χ0v) is 25.1. The SMILES string of the molecule is C1=Cc2ccccc2C1.Cc1ccc2ccccc2c1C.c1cc2c3c(cccc3c1)CC2.c1ccc2ccccc2c1. The Morgan fingerprint density at radius 1 is 0.419 bits per heavy atom. The predicted octanol–water partition coefficient (Wildman–Crippen LogP) is 11.5. The molecule has 0 aliphatic heterocycles. The molecule has 0 fully saturated rings. The van der Waals surface area contributed by atoms with Gasteiger partial charge in [-0.2, -0.15) is 0 Å². The molecule has 0 bridgehead atoms. The van der Waals surface area contributed by atoms with E-state index in [0.717, 1.165) is 6.42 Å². The summed E-state index contributed by atoms with van der Waals surface area (Å²) in [5.41, 5.74) is 8.67. The minimum absolute atomic E-state index is 1.12. The topological polar surface area (TPSA) is 0 Å². The third kappa shape index (κ3) is 6.60. The van der Waals surface area contributed by atoms with E-state index < -0.39 is 0 Å². The number of rotatable bonds is 0. The second-order valence-corrected chi connectivity index (χ2v) is 11.3. The highest BCUT2D eigenvalue weighted by Gasteiger charge is 2.12. The van der Waals surface area contributed by atoms with Gasteiger partial charge in [-0.25, -0.2) is 0 Å². The van der Waals surface area contributed by atoms with Gasteiger partial charge in [0.05, 0.1) is 0 Å². The molecule has 210 valence electrons. The number of hydrogen-bond donors (Lipinski definition) is 0. The van der Waals surface area contributed by atoms with Crippen LogP contribution in [0.5, 0.6) is 0 Å². The highest BCUT2D eigenvalue weighted by Crippen LogP contribution is 2.30. The van der Waals surface area contributed by atoms with Gasteiger partial charge in [0.15, 0.2) is 0 Å². The molecule has 0 nitrogen and oxygen atoms in total. The van der Waals surface area contributed by atoms with Crippen LogP contribution in [0.4, 0.5) is 0 Å². The van der Waals surface area contributed by atoms with E-state index in [1.54, 1.807) is 0 Å². The molecule has 7 aromatic carbocycles. The van der Waals surface area contributed by atoms with Gasteiger partial charge in [0.2, 0.25) is 0 Å². The summed E-state index contributed by atoms with van der Waals surface area (Å²) in [4.78, 5) is 0. The summed E-state index contributed by atoms with van der Waals surface area (Å²) in [5, 5.41) is 8.25. The normalized spacial score (nSPS) is 12.0. The molecule has 43 heavy (non-hydrogen) atoms. The maximum absolute atomic E-state index is 2.25. The first kappa shape index (κ1) is 28.2. The Bertz CT molecular complexity index is 1920. The van der Waals surface area contributed by atoms with Crippen molar-refractivity contribution in [3.05, 3.63) is 185 Å². The summed E-state index contributed by atoms with van der Waals surface area (Å²) in [6, 6.07) is 51.3. The highest BCUT2D eigenvalue weighted by molar-refractivity contribution is 5.90. The van der Waals surface area contributed by atoms with Crippen LogP contribution in [-0.4, -0.2) is 0 Å². The largest absolute Gasteiger partial charge is 0.0795 e. The van der Waals surface area contributed by atoms with Gasteiger partial charge in [-0.3, -0.25) is 0 Å². The van der Waals surface area contributed by atoms with Gasteiger partial charge in [0.1, 0.15) is 0 Å². The molecule has 0 aromatic heterocycles. The number of hydrogen-bond acceptors (Lipinski definition) is 0. The Balaban J connectivity index is 0.000000103. The molecule has 0 unspecified atom stereocenters. The van der Waals surface area contributed by atoms with Crippen LogP contribution in [0, 0.1) is 13.8 Å². The molecule has 2 aliphatic rings. The average Bonchev–Trinajstić information content (AvgIpc) is 3.73. The molecular formula is C43H38. The van der Waals surface area contributed by atoms with Crippen LogP contribution in [0.25, 0.3) is 38.4 Å². The van der Waals surface area contributed by atoms with Crippen molar-refractivity contribution in [2.24, 2.45) is 0 Å². The fraction of sp³-hybridized carbons (Fsp3) is 0.116. The molecule has 0 heteroatoms. The molecule has 0 spiro atoms. The first-order valence-corrected chi connectivity index (χ1v) is 15.3. The predicted molar refractivity (Wildman–Crippen MR) is 188 cm³/mol. The summed E-state index contributed by atoms with van der Waals surface area (Å²) < 4.78 is 0. The summed E-state index contributed by atoms with van der Waals surface area (Å²) >= 11 is 0. The van der Waals surface area contributed by atoms with E-state index >= 15 is 0 Å². The molecule has 0 saturated heterocycles. The first-order chi connectivity index (χ1) is 21.2. The summed E-state index contributed by atoms with van der Waals surface area (Å²) in [6.07, 6.45) is 7.96. The van der Waals surface area contributed by atoms with Gasteiger partial charge in [-0.05, 0) is 98.8 Å². The zero-order valence-electron chi connectivity index (χ0n) is 25.1. The number of aryl methyl sites for hydroxylation is 4. The fourth-order valence-corrected chi connectivity index (χ4v) is 6.05. The van der Waals surface area contributed by atoms with Crippen molar-refractivity contribution in [1.29, 1.82) is 0 Å². The van der Waals surface area contributed by atoms with Crippen molar-refractivity contribution in [2.75, 3.05) is 0 Å². The van der Waals surface area contributed by atoms with E-state index in [1.807, 2.05) is 0 Å². The van der Waals surface area contributed by atoms with Gasteiger partial charge >= 0.3 is 0 Å². The van der Waals surface area contributed by atoms with E-state index in [2.05, 4.69) is 172 Å². The number of allylic oxidation sites excluding steroid dienone is 1. The second kappa shape index (κ2) is 13.4. The summed E-state index contributed by atoms with van der Waals surface area (Å²) in [7, 11) is 0. The molecule has 0 atom stereocenters. The lowest BCUT2D eigenvalue weighted by atomic mass is 10.0. The van der Waals surface area contributed by atoms with Crippen molar-refractivity contribution in [3.8, 4) is 0 Å². The molecule has 0 radical (unpaired) electrons. The summed E-state index contributed by atoms with van der Waals surface area (Å²) in [6.45, 7) is 4.33. The van der Waals surface area contributed by atoms with Crippen LogP contribution in [0.2, 0.25) is 0 Å². The monoisotopic (exact) mass is 554 g/mol. The van der Waals surface area contributed by atoms with Crippen molar-refractivity contribution >= 4 is 38.4 Å². The van der Waals surface area contributed by atoms with E-state index in [0.29, 0.717) is 0 Å². The van der Waals surface area contributed by atoms with Crippen molar-refractivity contribution < 1.29 is 0 Å². The van der Waals surface area contributed by atoms with Gasteiger partial charge < -0.3 is 0 Å². The van der Waals surface area contributed by atoms with Crippen LogP contribution in [0.15, 0.2) is 152 Å². The minimum Gasteiger partial charge on any atom is -0.0795 e. The minimum atomic E-state index is 1.12. The quantitative estimate of drug-likeness (QED) is 0.175. The Morgan fingerprint density at radius 3 is 1.56 bits per heavy atom. The van der Waals surface area contributed by atoms with Gasteiger partial charge in [-0.1, -0.05) is 158 Å². The smallest absolute Gasteiger partial charge is 0.00882 e. The zero-order chi connectivity index (χ0) is 29.4. The molecule has 0 heterocycles. The van der Waals surface area contributed by atoms with E-state index in [1.165, 1.54) is 78.5 Å². The van der Waals surface area contributed by atoms with Gasteiger partial charge in [0, 0.05) is 0 Å². The van der Waals surface area contributed by atoms with Crippen molar-refractivity contribution in [2.45, 2.75) is 33.1 Å². The maximum atomic E-state index is 2.25. The molecule has 2 aliphatic carbocycles. The Morgan fingerprint density at radius 2 is 0.930 bits per heavy atom. The van der Waals surface area contributed by atoms with Crippen molar-refractivity contribution in [1.82, 2.24) is 0 Å². The van der Waals surface area contributed by atoms with Crippen LogP contribution < -0.4 is 0 Å². The van der Waals surface area contributed by atoms with Crippen molar-refractivity contribution in [3.63, 3.8) is 0 Å². The maximum Gasteiger partial charge on any atom is -0.00882 e. The Hall–Kier alpha value is -4.94. The highest BCUT2D eigenvalue weighted by atomic mass is 14.2. The second-order valence-electron chi connectivity index (χ2n) is 11.3.